The quantitative estimate of drug-likeness (QED) is 0.605. The van der Waals surface area contributed by atoms with Gasteiger partial charge in [-0.05, 0) is 24.1 Å². The molecule has 0 bridgehead atoms. The first kappa shape index (κ1) is 13.3. The van der Waals surface area contributed by atoms with Crippen LogP contribution in [0.1, 0.15) is 19.4 Å². The topological polar surface area (TPSA) is 68.3 Å². The number of ether oxygens (including phenoxy) is 2. The summed E-state index contributed by atoms with van der Waals surface area (Å²) in [4.78, 5) is 0. The molecule has 0 saturated carbocycles. The lowest BCUT2D eigenvalue weighted by atomic mass is 10.2. The zero-order valence-corrected chi connectivity index (χ0v) is 10.3. The molecule has 0 unspecified atom stereocenters. The average molecular weight is 234 g/mol. The number of nitrogens with two attached hydrogens (primary N) is 1. The number of hydrogen-bond acceptors (Lipinski definition) is 4. The predicted molar refractivity (Wildman–Crippen MR) is 66.7 cm³/mol. The van der Waals surface area contributed by atoms with Gasteiger partial charge in [-0.25, -0.2) is 0 Å². The normalized spacial score (nSPS) is 10.2. The lowest BCUT2D eigenvalue weighted by molar-refractivity contribution is 0.0821. The first-order valence-corrected chi connectivity index (χ1v) is 5.63. The monoisotopic (exact) mass is 234 g/mol. The molecule has 17 heavy (non-hydrogen) atoms. The van der Waals surface area contributed by atoms with Crippen molar-refractivity contribution in [2.75, 3.05) is 25.6 Å². The van der Waals surface area contributed by atoms with E-state index in [4.69, 9.17) is 20.5 Å². The third-order valence-corrected chi connectivity index (χ3v) is 2.08. The van der Waals surface area contributed by atoms with Crippen LogP contribution in [0.4, 0.5) is 5.69 Å². The molecule has 0 heterocycles. The van der Waals surface area contributed by atoms with Crippen LogP contribution in [-0.4, -0.2) is 19.8 Å². The van der Waals surface area contributed by atoms with Crippen LogP contribution in [0.2, 0.25) is 0 Å². The Morgan fingerprint density at radius 3 is 2.71 bits per heavy atom. The van der Waals surface area contributed by atoms with E-state index in [1.807, 2.05) is 6.07 Å². The summed E-state index contributed by atoms with van der Waals surface area (Å²) in [5.41, 5.74) is 6.76. The lowest BCUT2D eigenvalue weighted by Crippen LogP contribution is -2.10. The number of hydrogen-bond donors (Lipinski definition) is 1. The van der Waals surface area contributed by atoms with Crippen molar-refractivity contribution in [1.82, 2.24) is 0 Å². The molecule has 4 heteroatoms. The summed E-state index contributed by atoms with van der Waals surface area (Å²) in [5.74, 6) is 1.12. The Morgan fingerprint density at radius 2 is 2.12 bits per heavy atom. The molecule has 1 aromatic carbocycles. The van der Waals surface area contributed by atoms with Crippen molar-refractivity contribution in [1.29, 1.82) is 5.26 Å². The largest absolute Gasteiger partial charge is 0.489 e. The lowest BCUT2D eigenvalue weighted by Gasteiger charge is -2.10. The molecule has 0 radical (unpaired) electrons. The van der Waals surface area contributed by atoms with Crippen molar-refractivity contribution in [3.63, 3.8) is 0 Å². The van der Waals surface area contributed by atoms with Gasteiger partial charge < -0.3 is 15.2 Å². The summed E-state index contributed by atoms with van der Waals surface area (Å²) >= 11 is 0. The number of benzene rings is 1. The molecule has 1 rings (SSSR count). The van der Waals surface area contributed by atoms with Gasteiger partial charge in [-0.3, -0.25) is 0 Å². The van der Waals surface area contributed by atoms with Gasteiger partial charge in [-0.1, -0.05) is 13.8 Å². The van der Waals surface area contributed by atoms with Crippen LogP contribution in [0, 0.1) is 17.2 Å². The second-order valence-corrected chi connectivity index (χ2v) is 4.18. The fourth-order valence-corrected chi connectivity index (χ4v) is 1.28. The van der Waals surface area contributed by atoms with Crippen LogP contribution < -0.4 is 10.5 Å². The predicted octanol–water partition coefficient (Wildman–Crippen LogP) is 2.19. The number of anilines is 1. The second-order valence-electron chi connectivity index (χ2n) is 4.18. The van der Waals surface area contributed by atoms with Crippen LogP contribution in [0.15, 0.2) is 18.2 Å². The standard InChI is InChI=1S/C13H18N2O2/c1-10(2)9-16-5-6-17-13-4-3-11(8-14)7-12(13)15/h3-4,7,10H,5-6,9,15H2,1-2H3. The molecule has 92 valence electrons. The zero-order valence-electron chi connectivity index (χ0n) is 10.3. The molecule has 0 atom stereocenters. The number of rotatable bonds is 6. The summed E-state index contributed by atoms with van der Waals surface area (Å²) in [6.07, 6.45) is 0. The maximum absolute atomic E-state index is 8.68. The van der Waals surface area contributed by atoms with E-state index in [9.17, 15) is 0 Å². The minimum absolute atomic E-state index is 0.461. The van der Waals surface area contributed by atoms with Crippen LogP contribution in [0.5, 0.6) is 5.75 Å². The summed E-state index contributed by atoms with van der Waals surface area (Å²) in [6.45, 7) is 5.92. The fraction of sp³-hybridized carbons (Fsp3) is 0.462. The molecule has 4 nitrogen and oxygen atoms in total. The summed E-state index contributed by atoms with van der Waals surface area (Å²) in [5, 5.41) is 8.68. The van der Waals surface area contributed by atoms with E-state index in [1.165, 1.54) is 0 Å². The zero-order chi connectivity index (χ0) is 12.7. The first-order chi connectivity index (χ1) is 8.13. The van der Waals surface area contributed by atoms with Crippen molar-refractivity contribution < 1.29 is 9.47 Å². The molecule has 0 aliphatic rings. The van der Waals surface area contributed by atoms with Gasteiger partial charge in [0.15, 0.2) is 0 Å². The minimum Gasteiger partial charge on any atom is -0.489 e. The SMILES string of the molecule is CC(C)COCCOc1ccc(C#N)cc1N. The van der Waals surface area contributed by atoms with E-state index in [0.29, 0.717) is 36.1 Å². The molecule has 0 saturated heterocycles. The smallest absolute Gasteiger partial charge is 0.142 e. The molecule has 0 aliphatic carbocycles. The van der Waals surface area contributed by atoms with E-state index in [-0.39, 0.29) is 0 Å². The van der Waals surface area contributed by atoms with Crippen molar-refractivity contribution in [3.8, 4) is 11.8 Å². The highest BCUT2D eigenvalue weighted by Gasteiger charge is 2.01. The molecule has 0 aliphatic heterocycles. The van der Waals surface area contributed by atoms with E-state index in [1.54, 1.807) is 18.2 Å². The van der Waals surface area contributed by atoms with Crippen molar-refractivity contribution in [2.45, 2.75) is 13.8 Å². The molecule has 2 N–H and O–H groups in total. The Bertz CT molecular complexity index is 397. The molecule has 0 aromatic heterocycles. The second kappa shape index (κ2) is 6.77. The van der Waals surface area contributed by atoms with Gasteiger partial charge in [0.25, 0.3) is 0 Å². The minimum atomic E-state index is 0.461. The Morgan fingerprint density at radius 1 is 1.35 bits per heavy atom. The Hall–Kier alpha value is -1.73. The third kappa shape index (κ3) is 4.75. The van der Waals surface area contributed by atoms with Crippen LogP contribution >= 0.6 is 0 Å². The van der Waals surface area contributed by atoms with Crippen molar-refractivity contribution in [2.24, 2.45) is 5.92 Å². The highest BCUT2D eigenvalue weighted by atomic mass is 16.5. The van der Waals surface area contributed by atoms with Crippen molar-refractivity contribution in [3.05, 3.63) is 23.8 Å². The van der Waals surface area contributed by atoms with Crippen molar-refractivity contribution >= 4 is 5.69 Å². The number of nitriles is 1. The van der Waals surface area contributed by atoms with E-state index in [0.717, 1.165) is 6.61 Å². The van der Waals surface area contributed by atoms with E-state index >= 15 is 0 Å². The molecular weight excluding hydrogens is 216 g/mol. The molecule has 1 aromatic rings. The number of nitrogens with zero attached hydrogens (tertiary/aromatic N) is 1. The van der Waals surface area contributed by atoms with E-state index < -0.39 is 0 Å². The Balaban J connectivity index is 2.35. The van der Waals surface area contributed by atoms with Gasteiger partial charge in [-0.2, -0.15) is 5.26 Å². The highest BCUT2D eigenvalue weighted by molar-refractivity contribution is 5.56. The summed E-state index contributed by atoms with van der Waals surface area (Å²) < 4.78 is 10.8. The fourth-order valence-electron chi connectivity index (χ4n) is 1.28. The maximum atomic E-state index is 8.68. The van der Waals surface area contributed by atoms with Crippen LogP contribution in [0.3, 0.4) is 0 Å². The highest BCUT2D eigenvalue weighted by Crippen LogP contribution is 2.21. The van der Waals surface area contributed by atoms with Gasteiger partial charge in [0.05, 0.1) is 23.9 Å². The van der Waals surface area contributed by atoms with Gasteiger partial charge in [0.2, 0.25) is 0 Å². The summed E-state index contributed by atoms with van der Waals surface area (Å²) in [7, 11) is 0. The third-order valence-electron chi connectivity index (χ3n) is 2.08. The van der Waals surface area contributed by atoms with Gasteiger partial charge in [0, 0.05) is 6.61 Å². The van der Waals surface area contributed by atoms with Gasteiger partial charge in [0.1, 0.15) is 12.4 Å². The average Bonchev–Trinajstić information content (AvgIpc) is 2.30. The Labute approximate surface area is 102 Å². The van der Waals surface area contributed by atoms with Crippen LogP contribution in [0.25, 0.3) is 0 Å². The number of nitrogen functional groups attached to an aromatic ring is 1. The first-order valence-electron chi connectivity index (χ1n) is 5.63. The van der Waals surface area contributed by atoms with E-state index in [2.05, 4.69) is 13.8 Å². The van der Waals surface area contributed by atoms with Gasteiger partial charge >= 0.3 is 0 Å². The Kier molecular flexibility index (Phi) is 5.31. The maximum Gasteiger partial charge on any atom is 0.142 e. The van der Waals surface area contributed by atoms with Gasteiger partial charge in [-0.15, -0.1) is 0 Å². The molecular formula is C13H18N2O2. The molecule has 0 amide bonds. The van der Waals surface area contributed by atoms with Crippen LogP contribution in [-0.2, 0) is 4.74 Å². The molecule has 0 spiro atoms. The molecule has 0 fully saturated rings. The summed E-state index contributed by atoms with van der Waals surface area (Å²) in [6, 6.07) is 7.01.